The Kier molecular flexibility index (Phi) is 6.32. The summed E-state index contributed by atoms with van der Waals surface area (Å²) >= 11 is 0. The number of guanidine groups is 1. The summed E-state index contributed by atoms with van der Waals surface area (Å²) in [6, 6.07) is 0. The molecule has 124 valence electrons. The summed E-state index contributed by atoms with van der Waals surface area (Å²) in [5.74, 6) is 0.992. The Morgan fingerprint density at radius 3 is 2.48 bits per heavy atom. The standard InChI is InChI=1S/C15H30N4O.HI/c1-14(2)11-19(15(14,3)4)13(16-5)17-9-12-10-18(6)7-8-20-12;/h12H,7-11H2,1-6H3,(H,16,17);1H. The van der Waals surface area contributed by atoms with Gasteiger partial charge in [-0.2, -0.15) is 0 Å². The van der Waals surface area contributed by atoms with Gasteiger partial charge in [-0.05, 0) is 20.9 Å². The molecule has 0 aromatic heterocycles. The first-order chi connectivity index (χ1) is 9.28. The first kappa shape index (κ1) is 19.0. The highest BCUT2D eigenvalue weighted by Gasteiger charge is 2.53. The number of morpholine rings is 1. The fraction of sp³-hybridized carbons (Fsp3) is 0.933. The minimum atomic E-state index is 0. The van der Waals surface area contributed by atoms with Crippen molar-refractivity contribution >= 4 is 29.9 Å². The lowest BCUT2D eigenvalue weighted by Crippen LogP contribution is -2.72. The highest BCUT2D eigenvalue weighted by Crippen LogP contribution is 2.46. The predicted octanol–water partition coefficient (Wildman–Crippen LogP) is 1.63. The number of likely N-dealkylation sites (tertiary alicyclic amines) is 1. The van der Waals surface area contributed by atoms with Crippen molar-refractivity contribution in [2.75, 3.05) is 46.9 Å². The summed E-state index contributed by atoms with van der Waals surface area (Å²) in [4.78, 5) is 9.11. The van der Waals surface area contributed by atoms with E-state index >= 15 is 0 Å². The number of hydrogen-bond donors (Lipinski definition) is 1. The van der Waals surface area contributed by atoms with E-state index in [9.17, 15) is 0 Å². The third kappa shape index (κ3) is 3.82. The molecule has 21 heavy (non-hydrogen) atoms. The van der Waals surface area contributed by atoms with E-state index in [1.807, 2.05) is 7.05 Å². The molecule has 0 bridgehead atoms. The summed E-state index contributed by atoms with van der Waals surface area (Å²) in [5, 5.41) is 3.48. The molecule has 0 aromatic rings. The van der Waals surface area contributed by atoms with Gasteiger partial charge in [0.15, 0.2) is 5.96 Å². The summed E-state index contributed by atoms with van der Waals surface area (Å²) in [5.41, 5.74) is 0.464. The van der Waals surface area contributed by atoms with Crippen LogP contribution in [-0.4, -0.2) is 74.3 Å². The van der Waals surface area contributed by atoms with E-state index in [1.54, 1.807) is 0 Å². The second kappa shape index (κ2) is 7.00. The fourth-order valence-electron chi connectivity index (χ4n) is 2.89. The Morgan fingerprint density at radius 1 is 1.33 bits per heavy atom. The lowest BCUT2D eigenvalue weighted by atomic mass is 9.65. The van der Waals surface area contributed by atoms with Crippen LogP contribution >= 0.6 is 24.0 Å². The third-order valence-electron chi connectivity index (χ3n) is 5.18. The molecule has 0 radical (unpaired) electrons. The summed E-state index contributed by atoms with van der Waals surface area (Å²) < 4.78 is 5.79. The Labute approximate surface area is 146 Å². The van der Waals surface area contributed by atoms with E-state index in [1.165, 1.54) is 0 Å². The number of ether oxygens (including phenoxy) is 1. The average molecular weight is 410 g/mol. The highest BCUT2D eigenvalue weighted by molar-refractivity contribution is 14.0. The minimum absolute atomic E-state index is 0. The lowest BCUT2D eigenvalue weighted by molar-refractivity contribution is -0.0680. The predicted molar refractivity (Wildman–Crippen MR) is 98.6 cm³/mol. The molecule has 5 nitrogen and oxygen atoms in total. The maximum atomic E-state index is 5.79. The van der Waals surface area contributed by atoms with Crippen molar-refractivity contribution in [3.8, 4) is 0 Å². The zero-order chi connectivity index (χ0) is 15.0. The average Bonchev–Trinajstić information content (AvgIpc) is 2.38. The van der Waals surface area contributed by atoms with Crippen molar-refractivity contribution in [1.82, 2.24) is 15.1 Å². The molecular weight excluding hydrogens is 379 g/mol. The molecule has 0 aliphatic carbocycles. The number of likely N-dealkylation sites (N-methyl/N-ethyl adjacent to an activating group) is 1. The van der Waals surface area contributed by atoms with Crippen molar-refractivity contribution in [3.63, 3.8) is 0 Å². The summed E-state index contributed by atoms with van der Waals surface area (Å²) in [6.45, 7) is 13.9. The van der Waals surface area contributed by atoms with Crippen LogP contribution in [0, 0.1) is 5.41 Å². The molecule has 2 aliphatic heterocycles. The summed E-state index contributed by atoms with van der Waals surface area (Å²) in [6.07, 6.45) is 0.253. The molecule has 2 rings (SSSR count). The van der Waals surface area contributed by atoms with Crippen molar-refractivity contribution < 1.29 is 4.74 Å². The zero-order valence-corrected chi connectivity index (χ0v) is 16.6. The maximum absolute atomic E-state index is 5.79. The van der Waals surface area contributed by atoms with Gasteiger partial charge in [0, 0.05) is 44.2 Å². The van der Waals surface area contributed by atoms with Crippen LogP contribution in [-0.2, 0) is 4.74 Å². The molecule has 0 spiro atoms. The Balaban J connectivity index is 0.00000220. The van der Waals surface area contributed by atoms with Gasteiger partial charge in [0.25, 0.3) is 0 Å². The number of hydrogen-bond acceptors (Lipinski definition) is 3. The van der Waals surface area contributed by atoms with Crippen LogP contribution in [0.15, 0.2) is 4.99 Å². The number of nitrogens with one attached hydrogen (secondary N) is 1. The van der Waals surface area contributed by atoms with Gasteiger partial charge in [0.2, 0.25) is 0 Å². The van der Waals surface area contributed by atoms with E-state index in [0.29, 0.717) is 5.41 Å². The van der Waals surface area contributed by atoms with Gasteiger partial charge in [-0.25, -0.2) is 0 Å². The molecule has 2 saturated heterocycles. The molecule has 0 amide bonds. The van der Waals surface area contributed by atoms with Crippen LogP contribution in [0.4, 0.5) is 0 Å². The van der Waals surface area contributed by atoms with Crippen molar-refractivity contribution in [3.05, 3.63) is 0 Å². The van der Waals surface area contributed by atoms with E-state index in [-0.39, 0.29) is 35.6 Å². The Morgan fingerprint density at radius 2 is 2.00 bits per heavy atom. The Bertz CT molecular complexity index is 384. The quantitative estimate of drug-likeness (QED) is 0.427. The van der Waals surface area contributed by atoms with Gasteiger partial charge >= 0.3 is 0 Å². The van der Waals surface area contributed by atoms with E-state index < -0.39 is 0 Å². The van der Waals surface area contributed by atoms with Gasteiger partial charge in [0.1, 0.15) is 0 Å². The molecule has 2 aliphatic rings. The Hall–Kier alpha value is -0.0800. The molecule has 2 fully saturated rings. The molecule has 0 saturated carbocycles. The highest BCUT2D eigenvalue weighted by atomic mass is 127. The topological polar surface area (TPSA) is 40.1 Å². The van der Waals surface area contributed by atoms with Crippen LogP contribution in [0.2, 0.25) is 0 Å². The van der Waals surface area contributed by atoms with Crippen LogP contribution in [0.5, 0.6) is 0 Å². The van der Waals surface area contributed by atoms with Crippen molar-refractivity contribution in [1.29, 1.82) is 0 Å². The summed E-state index contributed by atoms with van der Waals surface area (Å²) in [7, 11) is 4.00. The number of halogens is 1. The SMILES string of the molecule is CN=C(NCC1CN(C)CCO1)N1CC(C)(C)C1(C)C.I. The van der Waals surface area contributed by atoms with Crippen LogP contribution in [0.1, 0.15) is 27.7 Å². The molecule has 6 heteroatoms. The second-order valence-electron chi connectivity index (χ2n) is 7.21. The molecular formula is C15H31IN4O. The van der Waals surface area contributed by atoms with Crippen molar-refractivity contribution in [2.45, 2.75) is 39.3 Å². The monoisotopic (exact) mass is 410 g/mol. The van der Waals surface area contributed by atoms with E-state index in [0.717, 1.165) is 38.7 Å². The normalized spacial score (nSPS) is 28.6. The van der Waals surface area contributed by atoms with Crippen molar-refractivity contribution in [2.24, 2.45) is 10.4 Å². The van der Waals surface area contributed by atoms with Gasteiger partial charge in [-0.15, -0.1) is 24.0 Å². The molecule has 2 heterocycles. The first-order valence-electron chi connectivity index (χ1n) is 7.56. The molecule has 1 unspecified atom stereocenters. The second-order valence-corrected chi connectivity index (χ2v) is 7.21. The van der Waals surface area contributed by atoms with Crippen LogP contribution in [0.25, 0.3) is 0 Å². The molecule has 1 N–H and O–H groups in total. The minimum Gasteiger partial charge on any atom is -0.374 e. The smallest absolute Gasteiger partial charge is 0.194 e. The number of aliphatic imine (C=N–C) groups is 1. The van der Waals surface area contributed by atoms with Gasteiger partial charge in [0.05, 0.1) is 12.7 Å². The number of rotatable bonds is 2. The van der Waals surface area contributed by atoms with Gasteiger partial charge in [-0.1, -0.05) is 13.8 Å². The lowest BCUT2D eigenvalue weighted by Gasteiger charge is -2.62. The van der Waals surface area contributed by atoms with E-state index in [2.05, 4.69) is 54.9 Å². The van der Waals surface area contributed by atoms with Gasteiger partial charge in [-0.3, -0.25) is 4.99 Å². The maximum Gasteiger partial charge on any atom is 0.194 e. The van der Waals surface area contributed by atoms with E-state index in [4.69, 9.17) is 4.74 Å². The van der Waals surface area contributed by atoms with Crippen LogP contribution in [0.3, 0.4) is 0 Å². The number of nitrogens with zero attached hydrogens (tertiary/aromatic N) is 3. The third-order valence-corrected chi connectivity index (χ3v) is 5.18. The van der Waals surface area contributed by atoms with Gasteiger partial charge < -0.3 is 19.9 Å². The first-order valence-corrected chi connectivity index (χ1v) is 7.56. The fourth-order valence-corrected chi connectivity index (χ4v) is 2.89. The molecule has 1 atom stereocenters. The van der Waals surface area contributed by atoms with Crippen LogP contribution < -0.4 is 5.32 Å². The largest absolute Gasteiger partial charge is 0.374 e. The zero-order valence-electron chi connectivity index (χ0n) is 14.3. The molecule has 0 aromatic carbocycles.